The van der Waals surface area contributed by atoms with Crippen LogP contribution < -0.4 is 0 Å². The van der Waals surface area contributed by atoms with Gasteiger partial charge in [-0.15, -0.1) is 0 Å². The van der Waals surface area contributed by atoms with Gasteiger partial charge in [0.25, 0.3) is 0 Å². The van der Waals surface area contributed by atoms with Gasteiger partial charge in [-0.05, 0) is 13.0 Å². The molecule has 1 N–H and O–H groups in total. The minimum atomic E-state index is -0.0434. The Balaban J connectivity index is 2.17. The van der Waals surface area contributed by atoms with Crippen LogP contribution in [0.3, 0.4) is 0 Å². The molecule has 0 atom stereocenters. The summed E-state index contributed by atoms with van der Waals surface area (Å²) in [7, 11) is 0. The topological polar surface area (TPSA) is 59.2 Å². The Hall–Kier alpha value is -2.20. The van der Waals surface area contributed by atoms with Crippen molar-refractivity contribution in [3.63, 3.8) is 0 Å². The van der Waals surface area contributed by atoms with E-state index in [0.29, 0.717) is 5.82 Å². The molecule has 3 rings (SSSR count). The van der Waals surface area contributed by atoms with Gasteiger partial charge in [0.05, 0.1) is 12.2 Å². The molecule has 2 heterocycles. The Morgan fingerprint density at radius 3 is 2.89 bits per heavy atom. The molecule has 0 aliphatic carbocycles. The molecule has 0 aliphatic rings. The van der Waals surface area contributed by atoms with Crippen LogP contribution in [0.25, 0.3) is 22.4 Å². The van der Waals surface area contributed by atoms with E-state index in [1.807, 2.05) is 31.2 Å². The van der Waals surface area contributed by atoms with E-state index in [1.165, 1.54) is 0 Å². The molecule has 18 heavy (non-hydrogen) atoms. The molecule has 0 aliphatic heterocycles. The van der Waals surface area contributed by atoms with Gasteiger partial charge in [-0.2, -0.15) is 0 Å². The molecule has 0 amide bonds. The van der Waals surface area contributed by atoms with Crippen LogP contribution in [0.5, 0.6) is 0 Å². The minimum absolute atomic E-state index is 0.0434. The lowest BCUT2D eigenvalue weighted by Crippen LogP contribution is -1.97. The Labute approximate surface area is 104 Å². The molecule has 2 aromatic heterocycles. The first-order chi connectivity index (χ1) is 8.79. The number of hydrogen-bond acceptors (Lipinski definition) is 4. The molecule has 0 radical (unpaired) electrons. The van der Waals surface area contributed by atoms with Crippen LogP contribution in [0.4, 0.5) is 0 Å². The van der Waals surface area contributed by atoms with Crippen molar-refractivity contribution >= 4 is 11.0 Å². The fourth-order valence-corrected chi connectivity index (χ4v) is 1.93. The number of rotatable bonds is 2. The molecule has 0 unspecified atom stereocenters. The van der Waals surface area contributed by atoms with E-state index in [1.54, 1.807) is 12.5 Å². The summed E-state index contributed by atoms with van der Waals surface area (Å²) in [5, 5.41) is 10.1. The summed E-state index contributed by atoms with van der Waals surface area (Å²) in [4.78, 5) is 8.68. The zero-order chi connectivity index (χ0) is 12.5. The zero-order valence-electron chi connectivity index (χ0n) is 9.92. The number of para-hydroxylation sites is 1. The van der Waals surface area contributed by atoms with Gasteiger partial charge in [-0.3, -0.25) is 0 Å². The van der Waals surface area contributed by atoms with Gasteiger partial charge in [0.2, 0.25) is 0 Å². The van der Waals surface area contributed by atoms with Crippen molar-refractivity contribution in [2.75, 3.05) is 0 Å². The van der Waals surface area contributed by atoms with Crippen molar-refractivity contribution in [1.82, 2.24) is 9.97 Å². The number of aliphatic hydroxyl groups is 1. The average Bonchev–Trinajstić information content (AvgIpc) is 2.82. The highest BCUT2D eigenvalue weighted by Crippen LogP contribution is 2.28. The van der Waals surface area contributed by atoms with Gasteiger partial charge < -0.3 is 9.52 Å². The van der Waals surface area contributed by atoms with E-state index in [4.69, 9.17) is 9.52 Å². The van der Waals surface area contributed by atoms with E-state index in [0.717, 1.165) is 27.8 Å². The summed E-state index contributed by atoms with van der Waals surface area (Å²) in [6.07, 6.45) is 3.32. The SMILES string of the molecule is Cc1nc(-c2coc3ccccc23)ncc1CO. The highest BCUT2D eigenvalue weighted by Gasteiger charge is 2.11. The number of aryl methyl sites for hydroxylation is 1. The van der Waals surface area contributed by atoms with E-state index in [-0.39, 0.29) is 6.61 Å². The summed E-state index contributed by atoms with van der Waals surface area (Å²) in [5.74, 6) is 0.620. The maximum atomic E-state index is 9.11. The molecule has 90 valence electrons. The summed E-state index contributed by atoms with van der Waals surface area (Å²) in [6, 6.07) is 7.77. The lowest BCUT2D eigenvalue weighted by molar-refractivity contribution is 0.280. The number of hydrogen-bond donors (Lipinski definition) is 1. The third-order valence-electron chi connectivity index (χ3n) is 2.97. The van der Waals surface area contributed by atoms with E-state index in [9.17, 15) is 0 Å². The van der Waals surface area contributed by atoms with Crippen LogP contribution in [0.2, 0.25) is 0 Å². The predicted molar refractivity (Wildman–Crippen MR) is 67.9 cm³/mol. The monoisotopic (exact) mass is 240 g/mol. The van der Waals surface area contributed by atoms with Crippen molar-refractivity contribution < 1.29 is 9.52 Å². The Kier molecular flexibility index (Phi) is 2.57. The molecule has 4 heteroatoms. The molecule has 0 spiro atoms. The van der Waals surface area contributed by atoms with Gasteiger partial charge in [-0.1, -0.05) is 18.2 Å². The largest absolute Gasteiger partial charge is 0.464 e. The first kappa shape index (κ1) is 10.9. The lowest BCUT2D eigenvalue weighted by atomic mass is 10.1. The number of aromatic nitrogens is 2. The van der Waals surface area contributed by atoms with Crippen LogP contribution in [0.15, 0.2) is 41.1 Å². The lowest BCUT2D eigenvalue weighted by Gasteiger charge is -2.03. The molecule has 3 aromatic rings. The van der Waals surface area contributed by atoms with Gasteiger partial charge in [-0.25, -0.2) is 9.97 Å². The normalized spacial score (nSPS) is 11.0. The van der Waals surface area contributed by atoms with Crippen molar-refractivity contribution in [3.05, 3.63) is 48.0 Å². The van der Waals surface area contributed by atoms with Gasteiger partial charge in [0.15, 0.2) is 5.82 Å². The third-order valence-corrected chi connectivity index (χ3v) is 2.97. The number of furan rings is 1. The minimum Gasteiger partial charge on any atom is -0.464 e. The highest BCUT2D eigenvalue weighted by atomic mass is 16.3. The quantitative estimate of drug-likeness (QED) is 0.748. The second-order valence-electron chi connectivity index (χ2n) is 4.11. The maximum Gasteiger partial charge on any atom is 0.163 e. The molecule has 0 saturated carbocycles. The Morgan fingerprint density at radius 1 is 1.28 bits per heavy atom. The van der Waals surface area contributed by atoms with Crippen LogP contribution >= 0.6 is 0 Å². The van der Waals surface area contributed by atoms with E-state index < -0.39 is 0 Å². The van der Waals surface area contributed by atoms with E-state index >= 15 is 0 Å². The van der Waals surface area contributed by atoms with Crippen LogP contribution in [0.1, 0.15) is 11.3 Å². The molecule has 0 fully saturated rings. The van der Waals surface area contributed by atoms with Crippen molar-refractivity contribution in [1.29, 1.82) is 0 Å². The summed E-state index contributed by atoms with van der Waals surface area (Å²) in [6.45, 7) is 1.82. The smallest absolute Gasteiger partial charge is 0.163 e. The fourth-order valence-electron chi connectivity index (χ4n) is 1.93. The molecular formula is C14H12N2O2. The van der Waals surface area contributed by atoms with Crippen molar-refractivity contribution in [2.45, 2.75) is 13.5 Å². The predicted octanol–water partition coefficient (Wildman–Crippen LogP) is 2.69. The van der Waals surface area contributed by atoms with Crippen LogP contribution in [-0.4, -0.2) is 15.1 Å². The third kappa shape index (κ3) is 1.67. The first-order valence-electron chi connectivity index (χ1n) is 5.69. The Bertz CT molecular complexity index is 704. The number of fused-ring (bicyclic) bond motifs is 1. The molecule has 1 aromatic carbocycles. The molecule has 4 nitrogen and oxygen atoms in total. The second kappa shape index (κ2) is 4.23. The van der Waals surface area contributed by atoms with Crippen molar-refractivity contribution in [3.8, 4) is 11.4 Å². The van der Waals surface area contributed by atoms with Gasteiger partial charge >= 0.3 is 0 Å². The van der Waals surface area contributed by atoms with Gasteiger partial charge in [0.1, 0.15) is 11.8 Å². The average molecular weight is 240 g/mol. The fraction of sp³-hybridized carbons (Fsp3) is 0.143. The molecular weight excluding hydrogens is 228 g/mol. The van der Waals surface area contributed by atoms with Crippen LogP contribution in [-0.2, 0) is 6.61 Å². The van der Waals surface area contributed by atoms with E-state index in [2.05, 4.69) is 9.97 Å². The standard InChI is InChI=1S/C14H12N2O2/c1-9-10(7-17)6-15-14(16-9)12-8-18-13-5-3-2-4-11(12)13/h2-6,8,17H,7H2,1H3. The number of benzene rings is 1. The molecule has 0 saturated heterocycles. The highest BCUT2D eigenvalue weighted by molar-refractivity contribution is 5.91. The van der Waals surface area contributed by atoms with Crippen molar-refractivity contribution in [2.24, 2.45) is 0 Å². The Morgan fingerprint density at radius 2 is 2.11 bits per heavy atom. The zero-order valence-corrected chi connectivity index (χ0v) is 9.92. The summed E-state index contributed by atoms with van der Waals surface area (Å²) < 4.78 is 5.47. The second-order valence-corrected chi connectivity index (χ2v) is 4.11. The molecule has 0 bridgehead atoms. The first-order valence-corrected chi connectivity index (χ1v) is 5.69. The summed E-state index contributed by atoms with van der Waals surface area (Å²) in [5.41, 5.74) is 3.22. The number of nitrogens with zero attached hydrogens (tertiary/aromatic N) is 2. The van der Waals surface area contributed by atoms with Gasteiger partial charge in [0, 0.05) is 22.8 Å². The summed E-state index contributed by atoms with van der Waals surface area (Å²) >= 11 is 0. The maximum absolute atomic E-state index is 9.11. The number of aliphatic hydroxyl groups excluding tert-OH is 1. The van der Waals surface area contributed by atoms with Crippen LogP contribution in [0, 0.1) is 6.92 Å².